The predicted octanol–water partition coefficient (Wildman–Crippen LogP) is 3.79. The quantitative estimate of drug-likeness (QED) is 0.696. The highest BCUT2D eigenvalue weighted by molar-refractivity contribution is 9.10. The summed E-state index contributed by atoms with van der Waals surface area (Å²) in [4.78, 5) is 0. The SMILES string of the molecule is ClCC1CC1c1cccc(Br)c1. The standard InChI is InChI=1S/C10H10BrCl/c11-9-3-1-2-7(4-9)10-5-8(10)6-12/h1-4,8,10H,5-6H2. The molecule has 1 aliphatic rings. The summed E-state index contributed by atoms with van der Waals surface area (Å²) in [5.74, 6) is 2.25. The Kier molecular flexibility index (Phi) is 2.42. The lowest BCUT2D eigenvalue weighted by Crippen LogP contribution is -1.83. The van der Waals surface area contributed by atoms with E-state index in [0.29, 0.717) is 0 Å². The minimum absolute atomic E-state index is 0.722. The number of rotatable bonds is 2. The molecule has 1 saturated carbocycles. The van der Waals surface area contributed by atoms with Gasteiger partial charge in [0.25, 0.3) is 0 Å². The van der Waals surface area contributed by atoms with Gasteiger partial charge < -0.3 is 0 Å². The van der Waals surface area contributed by atoms with Crippen LogP contribution in [0.1, 0.15) is 17.9 Å². The summed E-state index contributed by atoms with van der Waals surface area (Å²) < 4.78 is 1.17. The third-order valence-electron chi connectivity index (χ3n) is 2.40. The van der Waals surface area contributed by atoms with Crippen molar-refractivity contribution in [2.24, 2.45) is 5.92 Å². The van der Waals surface area contributed by atoms with Crippen LogP contribution in [0.15, 0.2) is 28.7 Å². The van der Waals surface area contributed by atoms with E-state index in [1.807, 2.05) is 0 Å². The third kappa shape index (κ3) is 1.67. The van der Waals surface area contributed by atoms with Gasteiger partial charge in [-0.05, 0) is 36.0 Å². The molecule has 0 heterocycles. The van der Waals surface area contributed by atoms with E-state index >= 15 is 0 Å². The van der Waals surface area contributed by atoms with Crippen LogP contribution in [0, 0.1) is 5.92 Å². The van der Waals surface area contributed by atoms with Gasteiger partial charge in [-0.1, -0.05) is 28.1 Å². The molecule has 1 aromatic carbocycles. The molecule has 0 saturated heterocycles. The van der Waals surface area contributed by atoms with Crippen molar-refractivity contribution in [3.63, 3.8) is 0 Å². The molecule has 0 radical (unpaired) electrons. The van der Waals surface area contributed by atoms with Gasteiger partial charge in [0, 0.05) is 10.4 Å². The second kappa shape index (κ2) is 3.39. The zero-order valence-corrected chi connectivity index (χ0v) is 8.98. The second-order valence-corrected chi connectivity index (χ2v) is 4.54. The van der Waals surface area contributed by atoms with Crippen LogP contribution in [0.2, 0.25) is 0 Å². The van der Waals surface area contributed by atoms with Gasteiger partial charge in [0.1, 0.15) is 0 Å². The molecule has 0 bridgehead atoms. The highest BCUT2D eigenvalue weighted by atomic mass is 79.9. The Morgan fingerprint density at radius 2 is 2.33 bits per heavy atom. The Labute approximate surface area is 86.1 Å². The van der Waals surface area contributed by atoms with Crippen molar-refractivity contribution in [1.82, 2.24) is 0 Å². The first-order valence-electron chi connectivity index (χ1n) is 4.12. The maximum atomic E-state index is 5.77. The van der Waals surface area contributed by atoms with E-state index in [2.05, 4.69) is 40.2 Å². The molecule has 0 N–H and O–H groups in total. The van der Waals surface area contributed by atoms with Crippen LogP contribution in [0.4, 0.5) is 0 Å². The largest absolute Gasteiger partial charge is 0.126 e. The lowest BCUT2D eigenvalue weighted by atomic mass is 10.1. The first-order chi connectivity index (χ1) is 5.81. The number of alkyl halides is 1. The molecule has 1 aromatic rings. The lowest BCUT2D eigenvalue weighted by Gasteiger charge is -1.98. The lowest BCUT2D eigenvalue weighted by molar-refractivity contribution is 0.923. The first kappa shape index (κ1) is 8.58. The number of hydrogen-bond donors (Lipinski definition) is 0. The molecule has 0 nitrogen and oxygen atoms in total. The van der Waals surface area contributed by atoms with E-state index in [1.165, 1.54) is 16.5 Å². The van der Waals surface area contributed by atoms with Crippen molar-refractivity contribution >= 4 is 27.5 Å². The van der Waals surface area contributed by atoms with Crippen molar-refractivity contribution < 1.29 is 0 Å². The minimum Gasteiger partial charge on any atom is -0.126 e. The third-order valence-corrected chi connectivity index (χ3v) is 3.29. The monoisotopic (exact) mass is 244 g/mol. The number of benzene rings is 1. The Morgan fingerprint density at radius 1 is 1.50 bits per heavy atom. The van der Waals surface area contributed by atoms with E-state index in [1.54, 1.807) is 0 Å². The van der Waals surface area contributed by atoms with Crippen molar-refractivity contribution in [3.05, 3.63) is 34.3 Å². The van der Waals surface area contributed by atoms with Gasteiger partial charge in [-0.25, -0.2) is 0 Å². The van der Waals surface area contributed by atoms with Gasteiger partial charge in [0.05, 0.1) is 0 Å². The molecular weight excluding hydrogens is 235 g/mol. The van der Waals surface area contributed by atoms with Gasteiger partial charge in [0.2, 0.25) is 0 Å². The predicted molar refractivity (Wildman–Crippen MR) is 55.7 cm³/mol. The van der Waals surface area contributed by atoms with Crippen LogP contribution in [0.5, 0.6) is 0 Å². The topological polar surface area (TPSA) is 0 Å². The van der Waals surface area contributed by atoms with Crippen molar-refractivity contribution in [1.29, 1.82) is 0 Å². The summed E-state index contributed by atoms with van der Waals surface area (Å²) in [6.07, 6.45) is 1.26. The highest BCUT2D eigenvalue weighted by Crippen LogP contribution is 2.48. The van der Waals surface area contributed by atoms with Crippen LogP contribution in [-0.2, 0) is 0 Å². The summed E-state index contributed by atoms with van der Waals surface area (Å²) in [6, 6.07) is 8.52. The van der Waals surface area contributed by atoms with Crippen LogP contribution >= 0.6 is 27.5 Å². The van der Waals surface area contributed by atoms with Crippen molar-refractivity contribution in [2.45, 2.75) is 12.3 Å². The molecule has 2 unspecified atom stereocenters. The Hall–Kier alpha value is -0.0100. The molecule has 1 fully saturated rings. The fourth-order valence-corrected chi connectivity index (χ4v) is 2.32. The molecule has 0 aromatic heterocycles. The average Bonchev–Trinajstić information content (AvgIpc) is 2.83. The van der Waals surface area contributed by atoms with Crippen molar-refractivity contribution in [2.75, 3.05) is 5.88 Å². The summed E-state index contributed by atoms with van der Waals surface area (Å²) in [5.41, 5.74) is 1.43. The second-order valence-electron chi connectivity index (χ2n) is 3.31. The van der Waals surface area contributed by atoms with Gasteiger partial charge in [0.15, 0.2) is 0 Å². The van der Waals surface area contributed by atoms with Gasteiger partial charge >= 0.3 is 0 Å². The zero-order chi connectivity index (χ0) is 8.55. The smallest absolute Gasteiger partial charge is 0.0257 e. The molecule has 2 heteroatoms. The van der Waals surface area contributed by atoms with Gasteiger partial charge in [-0.2, -0.15) is 0 Å². The zero-order valence-electron chi connectivity index (χ0n) is 6.63. The van der Waals surface area contributed by atoms with Crippen LogP contribution in [0.3, 0.4) is 0 Å². The normalized spacial score (nSPS) is 27.2. The number of halogens is 2. The Morgan fingerprint density at radius 3 is 2.92 bits per heavy atom. The molecule has 0 aliphatic heterocycles. The molecular formula is C10H10BrCl. The summed E-state index contributed by atoms with van der Waals surface area (Å²) in [7, 11) is 0. The maximum Gasteiger partial charge on any atom is 0.0257 e. The Balaban J connectivity index is 2.14. The van der Waals surface area contributed by atoms with Crippen LogP contribution in [0.25, 0.3) is 0 Å². The Bertz CT molecular complexity index is 285. The highest BCUT2D eigenvalue weighted by Gasteiger charge is 2.37. The average molecular weight is 246 g/mol. The number of hydrogen-bond acceptors (Lipinski definition) is 0. The van der Waals surface area contributed by atoms with Crippen LogP contribution < -0.4 is 0 Å². The molecule has 64 valence electrons. The van der Waals surface area contributed by atoms with E-state index in [-0.39, 0.29) is 0 Å². The fraction of sp³-hybridized carbons (Fsp3) is 0.400. The fourth-order valence-electron chi connectivity index (χ4n) is 1.56. The van der Waals surface area contributed by atoms with E-state index in [9.17, 15) is 0 Å². The van der Waals surface area contributed by atoms with E-state index in [4.69, 9.17) is 11.6 Å². The maximum absolute atomic E-state index is 5.77. The summed E-state index contributed by atoms with van der Waals surface area (Å²) in [6.45, 7) is 0. The van der Waals surface area contributed by atoms with Crippen molar-refractivity contribution in [3.8, 4) is 0 Å². The molecule has 12 heavy (non-hydrogen) atoms. The van der Waals surface area contributed by atoms with E-state index < -0.39 is 0 Å². The molecule has 1 aliphatic carbocycles. The molecule has 0 amide bonds. The van der Waals surface area contributed by atoms with Gasteiger partial charge in [-0.15, -0.1) is 11.6 Å². The summed E-state index contributed by atoms with van der Waals surface area (Å²) in [5, 5.41) is 0. The minimum atomic E-state index is 0.722. The summed E-state index contributed by atoms with van der Waals surface area (Å²) >= 11 is 9.24. The molecule has 2 atom stereocenters. The molecule has 2 rings (SSSR count). The molecule has 0 spiro atoms. The van der Waals surface area contributed by atoms with Crippen LogP contribution in [-0.4, -0.2) is 5.88 Å². The first-order valence-corrected chi connectivity index (χ1v) is 5.45. The van der Waals surface area contributed by atoms with Gasteiger partial charge in [-0.3, -0.25) is 0 Å². The van der Waals surface area contributed by atoms with E-state index in [0.717, 1.165) is 17.7 Å².